The summed E-state index contributed by atoms with van der Waals surface area (Å²) < 4.78 is 1.62. The summed E-state index contributed by atoms with van der Waals surface area (Å²) in [5, 5.41) is 4.74. The van der Waals surface area contributed by atoms with Gasteiger partial charge in [0.1, 0.15) is 0 Å². The number of nitrogens with zero attached hydrogens (tertiary/aromatic N) is 2. The van der Waals surface area contributed by atoms with Crippen molar-refractivity contribution in [1.29, 1.82) is 0 Å². The van der Waals surface area contributed by atoms with Crippen LogP contribution >= 0.6 is 11.6 Å². The molecule has 6 heteroatoms. The van der Waals surface area contributed by atoms with Crippen molar-refractivity contribution in [1.82, 2.24) is 9.78 Å². The van der Waals surface area contributed by atoms with Crippen LogP contribution in [-0.2, 0) is 0 Å². The monoisotopic (exact) mass is 264 g/mol. The lowest BCUT2D eigenvalue weighted by Crippen LogP contribution is -2.21. The lowest BCUT2D eigenvalue weighted by molar-refractivity contribution is 0.1000. The standard InChI is InChI=1S/C12H13ClN4O/c13-10-3-1-2-8(4-10)11(5-14)17-7-9(6-16-17)12(15)18/h1-4,6-7,11H,5,14H2,(H2,15,18). The Morgan fingerprint density at radius 3 is 2.83 bits per heavy atom. The van der Waals surface area contributed by atoms with Gasteiger partial charge in [0, 0.05) is 17.8 Å². The molecule has 0 spiro atoms. The third-order valence-corrected chi connectivity index (χ3v) is 2.90. The molecule has 0 aliphatic carbocycles. The van der Waals surface area contributed by atoms with Gasteiger partial charge in [-0.25, -0.2) is 0 Å². The highest BCUT2D eigenvalue weighted by atomic mass is 35.5. The van der Waals surface area contributed by atoms with Crippen molar-refractivity contribution in [2.24, 2.45) is 11.5 Å². The fourth-order valence-corrected chi connectivity index (χ4v) is 1.95. The number of carbonyl (C=O) groups is 1. The maximum Gasteiger partial charge on any atom is 0.251 e. The molecule has 1 unspecified atom stereocenters. The highest BCUT2D eigenvalue weighted by Crippen LogP contribution is 2.20. The SMILES string of the molecule is NCC(c1cccc(Cl)c1)n1cc(C(N)=O)cn1. The van der Waals surface area contributed by atoms with Crippen molar-refractivity contribution in [3.05, 3.63) is 52.8 Å². The quantitative estimate of drug-likeness (QED) is 0.869. The van der Waals surface area contributed by atoms with Gasteiger partial charge in [0.05, 0.1) is 17.8 Å². The van der Waals surface area contributed by atoms with Crippen LogP contribution in [0.15, 0.2) is 36.7 Å². The number of hydrogen-bond acceptors (Lipinski definition) is 3. The van der Waals surface area contributed by atoms with E-state index in [1.807, 2.05) is 18.2 Å². The molecule has 1 aromatic carbocycles. The van der Waals surface area contributed by atoms with E-state index in [1.54, 1.807) is 16.9 Å². The van der Waals surface area contributed by atoms with E-state index in [4.69, 9.17) is 23.1 Å². The lowest BCUT2D eigenvalue weighted by atomic mass is 10.1. The third-order valence-electron chi connectivity index (χ3n) is 2.66. The molecule has 0 bridgehead atoms. The van der Waals surface area contributed by atoms with Crippen LogP contribution < -0.4 is 11.5 Å². The highest BCUT2D eigenvalue weighted by molar-refractivity contribution is 6.30. The average Bonchev–Trinajstić information content (AvgIpc) is 2.80. The molecular weight excluding hydrogens is 252 g/mol. The summed E-state index contributed by atoms with van der Waals surface area (Å²) in [6.07, 6.45) is 3.01. The summed E-state index contributed by atoms with van der Waals surface area (Å²) >= 11 is 5.94. The van der Waals surface area contributed by atoms with E-state index in [9.17, 15) is 4.79 Å². The van der Waals surface area contributed by atoms with E-state index < -0.39 is 5.91 Å². The highest BCUT2D eigenvalue weighted by Gasteiger charge is 2.14. The van der Waals surface area contributed by atoms with Crippen LogP contribution in [0.25, 0.3) is 0 Å². The topological polar surface area (TPSA) is 86.9 Å². The van der Waals surface area contributed by atoms with E-state index in [0.717, 1.165) is 5.56 Å². The van der Waals surface area contributed by atoms with Gasteiger partial charge in [-0.1, -0.05) is 23.7 Å². The van der Waals surface area contributed by atoms with Crippen molar-refractivity contribution in [3.8, 4) is 0 Å². The van der Waals surface area contributed by atoms with E-state index >= 15 is 0 Å². The van der Waals surface area contributed by atoms with Gasteiger partial charge in [-0.3, -0.25) is 9.48 Å². The Morgan fingerprint density at radius 1 is 1.50 bits per heavy atom. The Bertz CT molecular complexity index is 567. The maximum atomic E-state index is 11.0. The normalized spacial score (nSPS) is 12.3. The number of nitrogens with two attached hydrogens (primary N) is 2. The van der Waals surface area contributed by atoms with Crippen LogP contribution in [0.1, 0.15) is 22.0 Å². The first-order chi connectivity index (χ1) is 8.61. The molecule has 0 fully saturated rings. The van der Waals surface area contributed by atoms with Crippen LogP contribution in [0.3, 0.4) is 0 Å². The van der Waals surface area contributed by atoms with Crippen LogP contribution in [-0.4, -0.2) is 22.2 Å². The molecule has 5 nitrogen and oxygen atoms in total. The van der Waals surface area contributed by atoms with E-state index in [-0.39, 0.29) is 6.04 Å². The van der Waals surface area contributed by atoms with Gasteiger partial charge < -0.3 is 11.5 Å². The summed E-state index contributed by atoms with van der Waals surface area (Å²) in [5.74, 6) is -0.511. The van der Waals surface area contributed by atoms with E-state index in [2.05, 4.69) is 5.10 Å². The number of hydrogen-bond donors (Lipinski definition) is 2. The number of halogens is 1. The Labute approximate surface area is 109 Å². The number of amides is 1. The van der Waals surface area contributed by atoms with E-state index in [0.29, 0.717) is 17.1 Å². The second-order valence-electron chi connectivity index (χ2n) is 3.88. The zero-order chi connectivity index (χ0) is 13.1. The first kappa shape index (κ1) is 12.6. The fraction of sp³-hybridized carbons (Fsp3) is 0.167. The fourth-order valence-electron chi connectivity index (χ4n) is 1.75. The summed E-state index contributed by atoms with van der Waals surface area (Å²) in [6, 6.07) is 7.20. The zero-order valence-electron chi connectivity index (χ0n) is 9.58. The Kier molecular flexibility index (Phi) is 3.64. The molecule has 18 heavy (non-hydrogen) atoms. The second-order valence-corrected chi connectivity index (χ2v) is 4.32. The Hall–Kier alpha value is -1.85. The molecule has 0 aliphatic rings. The molecule has 0 saturated heterocycles. The molecule has 0 saturated carbocycles. The predicted octanol–water partition coefficient (Wildman–Crippen LogP) is 1.18. The molecule has 0 radical (unpaired) electrons. The molecule has 2 aromatic rings. The summed E-state index contributed by atoms with van der Waals surface area (Å²) in [4.78, 5) is 11.0. The van der Waals surface area contributed by atoms with Gasteiger partial charge in [0.15, 0.2) is 0 Å². The van der Waals surface area contributed by atoms with Crippen molar-refractivity contribution in [3.63, 3.8) is 0 Å². The minimum atomic E-state index is -0.511. The molecule has 1 aromatic heterocycles. The first-order valence-electron chi connectivity index (χ1n) is 5.41. The van der Waals surface area contributed by atoms with Crippen LogP contribution in [0.4, 0.5) is 0 Å². The summed E-state index contributed by atoms with van der Waals surface area (Å²) in [7, 11) is 0. The maximum absolute atomic E-state index is 11.0. The number of benzene rings is 1. The summed E-state index contributed by atoms with van der Waals surface area (Å²) in [6.45, 7) is 0.347. The van der Waals surface area contributed by atoms with Crippen LogP contribution in [0, 0.1) is 0 Å². The number of primary amides is 1. The van der Waals surface area contributed by atoms with Gasteiger partial charge >= 0.3 is 0 Å². The Morgan fingerprint density at radius 2 is 2.28 bits per heavy atom. The third kappa shape index (κ3) is 2.52. The van der Waals surface area contributed by atoms with Crippen molar-refractivity contribution >= 4 is 17.5 Å². The molecule has 1 heterocycles. The van der Waals surface area contributed by atoms with Gasteiger partial charge in [0.2, 0.25) is 0 Å². The minimum Gasteiger partial charge on any atom is -0.366 e. The number of carbonyl (C=O) groups excluding carboxylic acids is 1. The molecule has 94 valence electrons. The second kappa shape index (κ2) is 5.20. The van der Waals surface area contributed by atoms with Crippen LogP contribution in [0.5, 0.6) is 0 Å². The number of aromatic nitrogens is 2. The summed E-state index contributed by atoms with van der Waals surface area (Å²) in [5.41, 5.74) is 12.2. The van der Waals surface area contributed by atoms with Gasteiger partial charge in [-0.2, -0.15) is 5.10 Å². The zero-order valence-corrected chi connectivity index (χ0v) is 10.3. The molecular formula is C12H13ClN4O. The van der Waals surface area contributed by atoms with Crippen LogP contribution in [0.2, 0.25) is 5.02 Å². The molecule has 2 rings (SSSR count). The van der Waals surface area contributed by atoms with Crippen molar-refractivity contribution in [2.75, 3.05) is 6.54 Å². The largest absolute Gasteiger partial charge is 0.366 e. The molecule has 1 atom stereocenters. The first-order valence-corrected chi connectivity index (χ1v) is 5.79. The molecule has 1 amide bonds. The van der Waals surface area contributed by atoms with Crippen molar-refractivity contribution < 1.29 is 4.79 Å². The minimum absolute atomic E-state index is 0.170. The van der Waals surface area contributed by atoms with Gasteiger partial charge in [-0.05, 0) is 17.7 Å². The van der Waals surface area contributed by atoms with Crippen molar-refractivity contribution in [2.45, 2.75) is 6.04 Å². The van der Waals surface area contributed by atoms with Gasteiger partial charge in [-0.15, -0.1) is 0 Å². The Balaban J connectivity index is 2.35. The molecule has 0 aliphatic heterocycles. The smallest absolute Gasteiger partial charge is 0.251 e. The lowest BCUT2D eigenvalue weighted by Gasteiger charge is -2.16. The van der Waals surface area contributed by atoms with E-state index in [1.165, 1.54) is 6.20 Å². The van der Waals surface area contributed by atoms with Gasteiger partial charge in [0.25, 0.3) is 5.91 Å². The predicted molar refractivity (Wildman–Crippen MR) is 69.4 cm³/mol. The molecule has 4 N–H and O–H groups in total. The number of rotatable bonds is 4. The average molecular weight is 265 g/mol.